The average Bonchev–Trinajstić information content (AvgIpc) is 3.19. The minimum atomic E-state index is -0.289. The Hall–Kier alpha value is -5.83. The lowest BCUT2D eigenvalue weighted by Crippen LogP contribution is -2.29. The summed E-state index contributed by atoms with van der Waals surface area (Å²) in [6.45, 7) is 2.40. The molecule has 1 aliphatic rings. The molecular formula is C48H35NS. The van der Waals surface area contributed by atoms with Gasteiger partial charge in [0.2, 0.25) is 0 Å². The van der Waals surface area contributed by atoms with Crippen molar-refractivity contribution in [3.63, 3.8) is 0 Å². The molecule has 50 heavy (non-hydrogen) atoms. The Morgan fingerprint density at radius 3 is 1.44 bits per heavy atom. The van der Waals surface area contributed by atoms with Crippen LogP contribution in [-0.4, -0.2) is 0 Å². The highest BCUT2D eigenvalue weighted by atomic mass is 32.2. The van der Waals surface area contributed by atoms with E-state index in [4.69, 9.17) is 0 Å². The first-order valence-electron chi connectivity index (χ1n) is 17.2. The molecule has 2 heteroatoms. The predicted molar refractivity (Wildman–Crippen MR) is 212 cm³/mol. The van der Waals surface area contributed by atoms with Crippen LogP contribution in [-0.2, 0) is 5.41 Å². The molecule has 0 N–H and O–H groups in total. The van der Waals surface area contributed by atoms with E-state index in [0.717, 1.165) is 17.1 Å². The monoisotopic (exact) mass is 657 g/mol. The molecule has 0 saturated carbocycles. The number of anilines is 3. The van der Waals surface area contributed by atoms with Crippen molar-refractivity contribution in [3.05, 3.63) is 211 Å². The summed E-state index contributed by atoms with van der Waals surface area (Å²) < 4.78 is 0. The summed E-state index contributed by atoms with van der Waals surface area (Å²) in [5, 5.41) is 2.45. The van der Waals surface area contributed by atoms with E-state index in [1.807, 2.05) is 11.8 Å². The summed E-state index contributed by atoms with van der Waals surface area (Å²) in [6.07, 6.45) is 0. The molecule has 1 heterocycles. The number of benzene rings is 8. The summed E-state index contributed by atoms with van der Waals surface area (Å²) in [5.74, 6) is 0. The highest BCUT2D eigenvalue weighted by Gasteiger charge is 2.39. The van der Waals surface area contributed by atoms with Gasteiger partial charge >= 0.3 is 0 Å². The van der Waals surface area contributed by atoms with E-state index in [1.165, 1.54) is 59.5 Å². The second-order valence-corrected chi connectivity index (χ2v) is 14.1. The second-order valence-electron chi connectivity index (χ2n) is 13.0. The van der Waals surface area contributed by atoms with Gasteiger partial charge in [-0.15, -0.1) is 0 Å². The maximum atomic E-state index is 2.40. The van der Waals surface area contributed by atoms with Gasteiger partial charge in [0.1, 0.15) is 0 Å². The van der Waals surface area contributed by atoms with Crippen molar-refractivity contribution in [2.45, 2.75) is 22.1 Å². The van der Waals surface area contributed by atoms with E-state index >= 15 is 0 Å². The minimum Gasteiger partial charge on any atom is -0.310 e. The van der Waals surface area contributed by atoms with Crippen molar-refractivity contribution < 1.29 is 0 Å². The Bertz CT molecular complexity index is 2380. The van der Waals surface area contributed by atoms with Gasteiger partial charge in [0.15, 0.2) is 0 Å². The zero-order chi connectivity index (χ0) is 33.5. The fourth-order valence-electron chi connectivity index (χ4n) is 7.80. The number of rotatable bonds is 6. The molecule has 0 amide bonds. The average molecular weight is 658 g/mol. The molecule has 0 atom stereocenters. The van der Waals surface area contributed by atoms with Gasteiger partial charge in [-0.1, -0.05) is 163 Å². The van der Waals surface area contributed by atoms with Gasteiger partial charge in [-0.25, -0.2) is 0 Å². The van der Waals surface area contributed by atoms with Crippen molar-refractivity contribution >= 4 is 39.6 Å². The Balaban J connectivity index is 1.15. The second kappa shape index (κ2) is 12.6. The van der Waals surface area contributed by atoms with Gasteiger partial charge in [0.05, 0.1) is 5.69 Å². The number of para-hydroxylation sites is 2. The van der Waals surface area contributed by atoms with Crippen LogP contribution in [0.5, 0.6) is 0 Å². The maximum Gasteiger partial charge on any atom is 0.0540 e. The van der Waals surface area contributed by atoms with Gasteiger partial charge in [-0.2, -0.15) is 0 Å². The standard InChI is InChI=1S/C48H35NS/c1-48(43-24-12-14-26-46(43)50-47-27-15-13-25-44(47)48)42-23-11-10-20-39(42)35-30-28-34(29-31-35)38-32-33-45(41-22-9-8-21-40(38)41)49(36-16-4-2-5-17-36)37-18-6-3-7-19-37/h2-33H,1H3. The lowest BCUT2D eigenvalue weighted by atomic mass is 9.68. The Morgan fingerprint density at radius 1 is 0.380 bits per heavy atom. The summed E-state index contributed by atoms with van der Waals surface area (Å²) in [4.78, 5) is 5.01. The van der Waals surface area contributed by atoms with Crippen molar-refractivity contribution in [2.24, 2.45) is 0 Å². The molecule has 1 aliphatic heterocycles. The third-order valence-corrected chi connectivity index (χ3v) is 11.4. The predicted octanol–water partition coefficient (Wildman–Crippen LogP) is 13.5. The van der Waals surface area contributed by atoms with Crippen LogP contribution in [0.1, 0.15) is 23.6 Å². The van der Waals surface area contributed by atoms with E-state index in [2.05, 4.69) is 206 Å². The molecule has 0 saturated heterocycles. The van der Waals surface area contributed by atoms with Gasteiger partial charge in [-0.05, 0) is 93.7 Å². The van der Waals surface area contributed by atoms with E-state index in [-0.39, 0.29) is 5.41 Å². The van der Waals surface area contributed by atoms with Crippen LogP contribution in [0.25, 0.3) is 33.0 Å². The molecule has 1 nitrogen and oxygen atoms in total. The molecule has 0 aliphatic carbocycles. The van der Waals surface area contributed by atoms with Crippen LogP contribution in [0.2, 0.25) is 0 Å². The van der Waals surface area contributed by atoms with Crippen LogP contribution < -0.4 is 4.90 Å². The van der Waals surface area contributed by atoms with Crippen LogP contribution in [0.15, 0.2) is 204 Å². The zero-order valence-electron chi connectivity index (χ0n) is 27.8. The Labute approximate surface area is 298 Å². The van der Waals surface area contributed by atoms with Crippen molar-refractivity contribution in [2.75, 3.05) is 4.90 Å². The van der Waals surface area contributed by atoms with E-state index < -0.39 is 0 Å². The maximum absolute atomic E-state index is 2.40. The highest BCUT2D eigenvalue weighted by Crippen LogP contribution is 2.54. The van der Waals surface area contributed by atoms with Gasteiger partial charge in [0.25, 0.3) is 0 Å². The first-order chi connectivity index (χ1) is 24.7. The number of fused-ring (bicyclic) bond motifs is 3. The number of nitrogens with zero attached hydrogens (tertiary/aromatic N) is 1. The molecule has 0 unspecified atom stereocenters. The zero-order valence-corrected chi connectivity index (χ0v) is 28.6. The van der Waals surface area contributed by atoms with Gasteiger partial charge < -0.3 is 4.90 Å². The van der Waals surface area contributed by atoms with E-state index in [9.17, 15) is 0 Å². The largest absolute Gasteiger partial charge is 0.310 e. The van der Waals surface area contributed by atoms with E-state index in [0.29, 0.717) is 0 Å². The van der Waals surface area contributed by atoms with Crippen molar-refractivity contribution in [1.29, 1.82) is 0 Å². The van der Waals surface area contributed by atoms with Crippen LogP contribution in [0.3, 0.4) is 0 Å². The summed E-state index contributed by atoms with van der Waals surface area (Å²) >= 11 is 1.88. The molecule has 8 aromatic carbocycles. The van der Waals surface area contributed by atoms with Crippen molar-refractivity contribution in [1.82, 2.24) is 0 Å². The summed E-state index contributed by atoms with van der Waals surface area (Å²) in [7, 11) is 0. The summed E-state index contributed by atoms with van der Waals surface area (Å²) in [5.41, 5.74) is 12.1. The normalized spacial score (nSPS) is 13.0. The fourth-order valence-corrected chi connectivity index (χ4v) is 9.10. The lowest BCUT2D eigenvalue weighted by Gasteiger charge is -2.39. The third kappa shape index (κ3) is 5.03. The molecule has 238 valence electrons. The van der Waals surface area contributed by atoms with Crippen molar-refractivity contribution in [3.8, 4) is 22.3 Å². The molecular weight excluding hydrogens is 623 g/mol. The Kier molecular flexibility index (Phi) is 7.60. The summed E-state index contributed by atoms with van der Waals surface area (Å²) in [6, 6.07) is 70.6. The molecule has 8 aromatic rings. The molecule has 0 radical (unpaired) electrons. The number of hydrogen-bond acceptors (Lipinski definition) is 2. The highest BCUT2D eigenvalue weighted by molar-refractivity contribution is 7.99. The van der Waals surface area contributed by atoms with E-state index in [1.54, 1.807) is 0 Å². The number of hydrogen-bond donors (Lipinski definition) is 0. The lowest BCUT2D eigenvalue weighted by molar-refractivity contribution is 0.656. The minimum absolute atomic E-state index is 0.289. The van der Waals surface area contributed by atoms with Gasteiger partial charge in [-0.3, -0.25) is 0 Å². The molecule has 0 aromatic heterocycles. The SMILES string of the molecule is CC1(c2ccccc2-c2ccc(-c3ccc(N(c4ccccc4)c4ccccc4)c4ccccc34)cc2)c2ccccc2Sc2ccccc21. The third-order valence-electron chi connectivity index (χ3n) is 10.2. The topological polar surface area (TPSA) is 3.24 Å². The van der Waals surface area contributed by atoms with Crippen LogP contribution >= 0.6 is 11.8 Å². The molecule has 0 bridgehead atoms. The smallest absolute Gasteiger partial charge is 0.0540 e. The first-order valence-corrected chi connectivity index (χ1v) is 18.0. The fraction of sp³-hybridized carbons (Fsp3) is 0.0417. The van der Waals surface area contributed by atoms with Crippen LogP contribution in [0.4, 0.5) is 17.1 Å². The quantitative estimate of drug-likeness (QED) is 0.175. The van der Waals surface area contributed by atoms with Crippen LogP contribution in [0, 0.1) is 0 Å². The van der Waals surface area contributed by atoms with Gasteiger partial charge in [0, 0.05) is 32.0 Å². The molecule has 0 spiro atoms. The molecule has 0 fully saturated rings. The Morgan fingerprint density at radius 2 is 0.840 bits per heavy atom. The molecule has 9 rings (SSSR count). The first kappa shape index (κ1) is 30.2.